The van der Waals surface area contributed by atoms with Gasteiger partial charge in [-0.3, -0.25) is 0 Å². The molecule has 0 aromatic heterocycles. The molecule has 1 rings (SSSR count). The maximum absolute atomic E-state index is 5.84. The van der Waals surface area contributed by atoms with Crippen LogP contribution in [0.3, 0.4) is 0 Å². The van der Waals surface area contributed by atoms with E-state index < -0.39 is 0 Å². The van der Waals surface area contributed by atoms with E-state index in [1.807, 2.05) is 6.92 Å². The summed E-state index contributed by atoms with van der Waals surface area (Å²) in [4.78, 5) is 0. The number of nitrogens with two attached hydrogens (primary N) is 1. The van der Waals surface area contributed by atoms with Crippen molar-refractivity contribution in [3.05, 3.63) is 0 Å². The van der Waals surface area contributed by atoms with E-state index in [9.17, 15) is 0 Å². The van der Waals surface area contributed by atoms with Crippen LogP contribution in [0.4, 0.5) is 0 Å². The lowest BCUT2D eigenvalue weighted by Crippen LogP contribution is -2.39. The van der Waals surface area contributed by atoms with Crippen molar-refractivity contribution in [1.82, 2.24) is 0 Å². The fraction of sp³-hybridized carbons (Fsp3) is 1.00. The van der Waals surface area contributed by atoms with Gasteiger partial charge in [0.2, 0.25) is 0 Å². The third-order valence-electron chi connectivity index (χ3n) is 2.13. The van der Waals surface area contributed by atoms with Crippen molar-refractivity contribution in [2.45, 2.75) is 44.8 Å². The van der Waals surface area contributed by atoms with Crippen LogP contribution in [0.1, 0.15) is 32.6 Å². The van der Waals surface area contributed by atoms with Gasteiger partial charge < -0.3 is 10.5 Å². The third-order valence-corrected chi connectivity index (χ3v) is 2.13. The van der Waals surface area contributed by atoms with E-state index in [-0.39, 0.29) is 12.4 Å². The number of rotatable bonds is 2. The standard InChI is InChI=1S/C8H17NO.ClH/c1-2-10-8-6-4-3-5-7(8)9;/h7-8H,2-6,9H2,1H3;1H/t7-,8+;/m0./s1. The summed E-state index contributed by atoms with van der Waals surface area (Å²) in [6.45, 7) is 2.83. The van der Waals surface area contributed by atoms with E-state index in [4.69, 9.17) is 10.5 Å². The van der Waals surface area contributed by atoms with Crippen LogP contribution in [0.2, 0.25) is 0 Å². The van der Waals surface area contributed by atoms with Gasteiger partial charge in [-0.2, -0.15) is 0 Å². The molecule has 0 aliphatic heterocycles. The summed E-state index contributed by atoms with van der Waals surface area (Å²) in [7, 11) is 0. The lowest BCUT2D eigenvalue weighted by atomic mass is 9.93. The van der Waals surface area contributed by atoms with Crippen molar-refractivity contribution in [2.75, 3.05) is 6.61 Å². The topological polar surface area (TPSA) is 35.2 Å². The van der Waals surface area contributed by atoms with E-state index >= 15 is 0 Å². The fourth-order valence-electron chi connectivity index (χ4n) is 1.55. The van der Waals surface area contributed by atoms with Gasteiger partial charge in [-0.1, -0.05) is 12.8 Å². The molecule has 68 valence electrons. The van der Waals surface area contributed by atoms with Gasteiger partial charge in [-0.05, 0) is 19.8 Å². The number of hydrogen-bond donors (Lipinski definition) is 1. The second-order valence-corrected chi connectivity index (χ2v) is 2.94. The zero-order valence-corrected chi connectivity index (χ0v) is 7.90. The monoisotopic (exact) mass is 179 g/mol. The summed E-state index contributed by atoms with van der Waals surface area (Å²) in [5.41, 5.74) is 5.84. The molecule has 11 heavy (non-hydrogen) atoms. The van der Waals surface area contributed by atoms with Crippen LogP contribution in [-0.2, 0) is 4.74 Å². The third kappa shape index (κ3) is 3.41. The van der Waals surface area contributed by atoms with Crippen LogP contribution in [0, 0.1) is 0 Å². The van der Waals surface area contributed by atoms with E-state index in [2.05, 4.69) is 0 Å². The van der Waals surface area contributed by atoms with E-state index in [1.54, 1.807) is 0 Å². The van der Waals surface area contributed by atoms with E-state index in [0.717, 1.165) is 19.4 Å². The van der Waals surface area contributed by atoms with Crippen LogP contribution in [0.25, 0.3) is 0 Å². The Morgan fingerprint density at radius 1 is 1.36 bits per heavy atom. The highest BCUT2D eigenvalue weighted by Gasteiger charge is 2.21. The largest absolute Gasteiger partial charge is 0.377 e. The molecule has 2 N–H and O–H groups in total. The molecule has 0 heterocycles. The van der Waals surface area contributed by atoms with Crippen molar-refractivity contribution >= 4 is 12.4 Å². The van der Waals surface area contributed by atoms with Gasteiger partial charge in [0.15, 0.2) is 0 Å². The second-order valence-electron chi connectivity index (χ2n) is 2.94. The smallest absolute Gasteiger partial charge is 0.0725 e. The lowest BCUT2D eigenvalue weighted by molar-refractivity contribution is 0.0228. The Bertz CT molecular complexity index is 98.1. The van der Waals surface area contributed by atoms with Gasteiger partial charge >= 0.3 is 0 Å². The molecule has 0 aromatic carbocycles. The quantitative estimate of drug-likeness (QED) is 0.701. The van der Waals surface area contributed by atoms with Crippen molar-refractivity contribution < 1.29 is 4.74 Å². The molecule has 0 unspecified atom stereocenters. The van der Waals surface area contributed by atoms with E-state index in [0.29, 0.717) is 12.1 Å². The van der Waals surface area contributed by atoms with Crippen LogP contribution < -0.4 is 5.73 Å². The zero-order valence-electron chi connectivity index (χ0n) is 7.08. The minimum absolute atomic E-state index is 0. The molecule has 0 spiro atoms. The van der Waals surface area contributed by atoms with Crippen LogP contribution >= 0.6 is 12.4 Å². The van der Waals surface area contributed by atoms with Gasteiger partial charge in [0, 0.05) is 12.6 Å². The van der Waals surface area contributed by atoms with E-state index in [1.165, 1.54) is 12.8 Å². The molecular formula is C8H18ClNO. The molecule has 2 atom stereocenters. The molecule has 0 radical (unpaired) electrons. The Labute approximate surface area is 74.9 Å². The average molecular weight is 180 g/mol. The summed E-state index contributed by atoms with van der Waals surface area (Å²) in [5.74, 6) is 0. The minimum Gasteiger partial charge on any atom is -0.377 e. The summed E-state index contributed by atoms with van der Waals surface area (Å²) >= 11 is 0. The van der Waals surface area contributed by atoms with Crippen molar-refractivity contribution in [3.8, 4) is 0 Å². The summed E-state index contributed by atoms with van der Waals surface area (Å²) in [5, 5.41) is 0. The maximum Gasteiger partial charge on any atom is 0.0725 e. The van der Waals surface area contributed by atoms with Crippen LogP contribution in [0.15, 0.2) is 0 Å². The van der Waals surface area contributed by atoms with Gasteiger partial charge in [0.05, 0.1) is 6.10 Å². The van der Waals surface area contributed by atoms with Crippen molar-refractivity contribution in [3.63, 3.8) is 0 Å². The zero-order chi connectivity index (χ0) is 7.40. The molecule has 0 saturated heterocycles. The Kier molecular flexibility index (Phi) is 5.92. The fourth-order valence-corrected chi connectivity index (χ4v) is 1.55. The van der Waals surface area contributed by atoms with Crippen LogP contribution in [0.5, 0.6) is 0 Å². The van der Waals surface area contributed by atoms with Gasteiger partial charge in [-0.15, -0.1) is 12.4 Å². The first-order valence-electron chi connectivity index (χ1n) is 4.21. The van der Waals surface area contributed by atoms with Gasteiger partial charge in [0.1, 0.15) is 0 Å². The first-order valence-corrected chi connectivity index (χ1v) is 4.21. The molecule has 1 fully saturated rings. The van der Waals surface area contributed by atoms with Crippen LogP contribution in [-0.4, -0.2) is 18.8 Å². The minimum atomic E-state index is 0. The Hall–Kier alpha value is 0.210. The summed E-state index contributed by atoms with van der Waals surface area (Å²) in [6, 6.07) is 0.300. The molecule has 0 amide bonds. The van der Waals surface area contributed by atoms with Gasteiger partial charge in [-0.25, -0.2) is 0 Å². The number of halogens is 1. The Morgan fingerprint density at radius 2 is 2.00 bits per heavy atom. The van der Waals surface area contributed by atoms with Gasteiger partial charge in [0.25, 0.3) is 0 Å². The number of ether oxygens (including phenoxy) is 1. The molecule has 0 aromatic rings. The molecule has 2 nitrogen and oxygen atoms in total. The lowest BCUT2D eigenvalue weighted by Gasteiger charge is -2.27. The molecular weight excluding hydrogens is 162 g/mol. The molecule has 1 saturated carbocycles. The van der Waals surface area contributed by atoms with Crippen molar-refractivity contribution in [2.24, 2.45) is 5.73 Å². The SMILES string of the molecule is CCO[C@@H]1CCCC[C@@H]1N.Cl. The number of hydrogen-bond acceptors (Lipinski definition) is 2. The second kappa shape index (κ2) is 5.81. The highest BCUT2D eigenvalue weighted by atomic mass is 35.5. The molecule has 3 heteroatoms. The Balaban J connectivity index is 0.000001000. The molecule has 1 aliphatic rings. The highest BCUT2D eigenvalue weighted by molar-refractivity contribution is 5.85. The normalized spacial score (nSPS) is 31.1. The molecule has 1 aliphatic carbocycles. The Morgan fingerprint density at radius 3 is 2.55 bits per heavy atom. The maximum atomic E-state index is 5.84. The summed E-state index contributed by atoms with van der Waals surface area (Å²) in [6.07, 6.45) is 5.22. The first kappa shape index (κ1) is 11.2. The average Bonchev–Trinajstić information content (AvgIpc) is 1.94. The molecule has 0 bridgehead atoms. The first-order chi connectivity index (χ1) is 4.84. The predicted molar refractivity (Wildman–Crippen MR) is 49.1 cm³/mol. The summed E-state index contributed by atoms with van der Waals surface area (Å²) < 4.78 is 5.47. The predicted octanol–water partition coefficient (Wildman–Crippen LogP) is 1.71. The van der Waals surface area contributed by atoms with Crippen molar-refractivity contribution in [1.29, 1.82) is 0 Å². The highest BCUT2D eigenvalue weighted by Crippen LogP contribution is 2.19.